The summed E-state index contributed by atoms with van der Waals surface area (Å²) < 4.78 is 3.96. The van der Waals surface area contributed by atoms with Crippen LogP contribution in [0.4, 0.5) is 0 Å². The van der Waals surface area contributed by atoms with Crippen LogP contribution in [0.1, 0.15) is 31.4 Å². The highest BCUT2D eigenvalue weighted by molar-refractivity contribution is 5.08. The average molecular weight is 247 g/mol. The molecule has 2 aromatic heterocycles. The molecule has 5 nitrogen and oxygen atoms in total. The minimum absolute atomic E-state index is 0.368. The van der Waals surface area contributed by atoms with Gasteiger partial charge in [-0.15, -0.1) is 0 Å². The topological polar surface area (TPSA) is 47.7 Å². The molecular formula is C13H21N5. The molecule has 2 rings (SSSR count). The lowest BCUT2D eigenvalue weighted by Gasteiger charge is -2.11. The fraction of sp³-hybridized carbons (Fsp3) is 0.538. The number of hydrogen-bond acceptors (Lipinski definition) is 3. The SMILES string of the molecule is CC(NCCCCn1ccnc1)c1cnn(C)c1. The number of rotatable bonds is 7. The van der Waals surface area contributed by atoms with Crippen LogP contribution in [0.3, 0.4) is 0 Å². The zero-order chi connectivity index (χ0) is 12.8. The van der Waals surface area contributed by atoms with Gasteiger partial charge in [-0.3, -0.25) is 4.68 Å². The van der Waals surface area contributed by atoms with Gasteiger partial charge < -0.3 is 9.88 Å². The van der Waals surface area contributed by atoms with Gasteiger partial charge in [-0.2, -0.15) is 5.10 Å². The molecule has 0 aromatic carbocycles. The van der Waals surface area contributed by atoms with Gasteiger partial charge in [-0.05, 0) is 26.3 Å². The highest BCUT2D eigenvalue weighted by Gasteiger charge is 2.05. The van der Waals surface area contributed by atoms with E-state index in [0.717, 1.165) is 13.1 Å². The number of unbranched alkanes of at least 4 members (excludes halogenated alkanes) is 1. The second-order valence-electron chi connectivity index (χ2n) is 4.63. The van der Waals surface area contributed by atoms with Crippen molar-refractivity contribution >= 4 is 0 Å². The van der Waals surface area contributed by atoms with Crippen LogP contribution in [-0.4, -0.2) is 25.9 Å². The van der Waals surface area contributed by atoms with E-state index in [0.29, 0.717) is 6.04 Å². The summed E-state index contributed by atoms with van der Waals surface area (Å²) in [6, 6.07) is 0.368. The van der Waals surface area contributed by atoms with Crippen LogP contribution < -0.4 is 5.32 Å². The summed E-state index contributed by atoms with van der Waals surface area (Å²) >= 11 is 0. The van der Waals surface area contributed by atoms with E-state index in [1.165, 1.54) is 18.4 Å². The third-order valence-electron chi connectivity index (χ3n) is 3.08. The molecule has 0 radical (unpaired) electrons. The van der Waals surface area contributed by atoms with Crippen LogP contribution in [0.5, 0.6) is 0 Å². The molecular weight excluding hydrogens is 226 g/mol. The van der Waals surface area contributed by atoms with Crippen molar-refractivity contribution < 1.29 is 0 Å². The van der Waals surface area contributed by atoms with Gasteiger partial charge in [0.1, 0.15) is 0 Å². The van der Waals surface area contributed by atoms with E-state index in [9.17, 15) is 0 Å². The second kappa shape index (κ2) is 6.35. The van der Waals surface area contributed by atoms with Crippen molar-refractivity contribution in [1.82, 2.24) is 24.6 Å². The van der Waals surface area contributed by atoms with Crippen LogP contribution >= 0.6 is 0 Å². The Kier molecular flexibility index (Phi) is 4.52. The van der Waals surface area contributed by atoms with Gasteiger partial charge in [0.2, 0.25) is 0 Å². The number of nitrogens with one attached hydrogen (secondary N) is 1. The van der Waals surface area contributed by atoms with Gasteiger partial charge in [0, 0.05) is 43.8 Å². The normalized spacial score (nSPS) is 12.8. The van der Waals surface area contributed by atoms with E-state index < -0.39 is 0 Å². The number of aryl methyl sites for hydroxylation is 2. The third kappa shape index (κ3) is 3.70. The van der Waals surface area contributed by atoms with Gasteiger partial charge in [0.15, 0.2) is 0 Å². The van der Waals surface area contributed by atoms with Gasteiger partial charge >= 0.3 is 0 Å². The van der Waals surface area contributed by atoms with E-state index in [2.05, 4.69) is 33.1 Å². The van der Waals surface area contributed by atoms with Gasteiger partial charge in [-0.1, -0.05) is 0 Å². The summed E-state index contributed by atoms with van der Waals surface area (Å²) in [7, 11) is 1.95. The van der Waals surface area contributed by atoms with E-state index >= 15 is 0 Å². The van der Waals surface area contributed by atoms with E-state index in [4.69, 9.17) is 0 Å². The Labute approximate surface area is 108 Å². The summed E-state index contributed by atoms with van der Waals surface area (Å²) in [4.78, 5) is 4.03. The molecule has 0 fully saturated rings. The largest absolute Gasteiger partial charge is 0.337 e. The van der Waals surface area contributed by atoms with Gasteiger partial charge in [-0.25, -0.2) is 4.98 Å². The molecule has 0 bridgehead atoms. The first-order valence-corrected chi connectivity index (χ1v) is 6.43. The first kappa shape index (κ1) is 12.8. The number of nitrogens with zero attached hydrogens (tertiary/aromatic N) is 4. The Morgan fingerprint density at radius 2 is 2.28 bits per heavy atom. The quantitative estimate of drug-likeness (QED) is 0.758. The standard InChI is InChI=1S/C13H21N5/c1-12(13-9-16-17(2)10-13)15-5-3-4-7-18-8-6-14-11-18/h6,8-12,15H,3-5,7H2,1-2H3. The van der Waals surface area contributed by atoms with Crippen molar-refractivity contribution in [2.45, 2.75) is 32.4 Å². The Bertz CT molecular complexity index is 446. The van der Waals surface area contributed by atoms with Crippen LogP contribution in [0.2, 0.25) is 0 Å². The minimum Gasteiger partial charge on any atom is -0.337 e. The molecule has 98 valence electrons. The Morgan fingerprint density at radius 1 is 1.39 bits per heavy atom. The highest BCUT2D eigenvalue weighted by atomic mass is 15.2. The van der Waals surface area contributed by atoms with Crippen LogP contribution in [-0.2, 0) is 13.6 Å². The number of aromatic nitrogens is 4. The molecule has 0 aliphatic heterocycles. The predicted octanol–water partition coefficient (Wildman–Crippen LogP) is 1.75. The maximum absolute atomic E-state index is 4.18. The first-order chi connectivity index (χ1) is 8.75. The van der Waals surface area contributed by atoms with E-state index in [1.807, 2.05) is 36.6 Å². The van der Waals surface area contributed by atoms with E-state index in [-0.39, 0.29) is 0 Å². The summed E-state index contributed by atoms with van der Waals surface area (Å²) in [5, 5.41) is 7.70. The van der Waals surface area contributed by atoms with Crippen LogP contribution in [0, 0.1) is 0 Å². The van der Waals surface area contributed by atoms with E-state index in [1.54, 1.807) is 0 Å². The molecule has 0 aliphatic rings. The molecule has 2 aromatic rings. The Balaban J connectivity index is 1.60. The lowest BCUT2D eigenvalue weighted by atomic mass is 10.2. The number of hydrogen-bond donors (Lipinski definition) is 1. The van der Waals surface area contributed by atoms with Crippen LogP contribution in [0.15, 0.2) is 31.1 Å². The molecule has 0 spiro atoms. The molecule has 0 saturated heterocycles. The lowest BCUT2D eigenvalue weighted by Crippen LogP contribution is -2.19. The molecule has 1 unspecified atom stereocenters. The molecule has 18 heavy (non-hydrogen) atoms. The maximum Gasteiger partial charge on any atom is 0.0945 e. The highest BCUT2D eigenvalue weighted by Crippen LogP contribution is 2.10. The summed E-state index contributed by atoms with van der Waals surface area (Å²) in [5.41, 5.74) is 1.24. The van der Waals surface area contributed by atoms with Crippen molar-refractivity contribution in [2.24, 2.45) is 7.05 Å². The molecule has 1 N–H and O–H groups in total. The monoisotopic (exact) mass is 247 g/mol. The Morgan fingerprint density at radius 3 is 2.94 bits per heavy atom. The van der Waals surface area contributed by atoms with Crippen LogP contribution in [0.25, 0.3) is 0 Å². The zero-order valence-electron chi connectivity index (χ0n) is 11.1. The maximum atomic E-state index is 4.18. The Hall–Kier alpha value is -1.62. The van der Waals surface area contributed by atoms with Gasteiger partial charge in [0.05, 0.1) is 12.5 Å². The van der Waals surface area contributed by atoms with Crippen molar-refractivity contribution in [3.05, 3.63) is 36.7 Å². The van der Waals surface area contributed by atoms with Crippen molar-refractivity contribution in [1.29, 1.82) is 0 Å². The smallest absolute Gasteiger partial charge is 0.0945 e. The van der Waals surface area contributed by atoms with Gasteiger partial charge in [0.25, 0.3) is 0 Å². The fourth-order valence-corrected chi connectivity index (χ4v) is 1.94. The zero-order valence-corrected chi connectivity index (χ0v) is 11.1. The molecule has 2 heterocycles. The number of imidazole rings is 1. The molecule has 0 amide bonds. The second-order valence-corrected chi connectivity index (χ2v) is 4.63. The molecule has 1 atom stereocenters. The van der Waals surface area contributed by atoms with Crippen molar-refractivity contribution in [2.75, 3.05) is 6.54 Å². The summed E-state index contributed by atoms with van der Waals surface area (Å²) in [6.07, 6.45) is 12.0. The molecule has 0 saturated carbocycles. The summed E-state index contributed by atoms with van der Waals surface area (Å²) in [6.45, 7) is 4.25. The third-order valence-corrected chi connectivity index (χ3v) is 3.08. The minimum atomic E-state index is 0.368. The van der Waals surface area contributed by atoms with Crippen molar-refractivity contribution in [3.63, 3.8) is 0 Å². The lowest BCUT2D eigenvalue weighted by molar-refractivity contribution is 0.523. The molecule has 0 aliphatic carbocycles. The summed E-state index contributed by atoms with van der Waals surface area (Å²) in [5.74, 6) is 0. The van der Waals surface area contributed by atoms with Crippen molar-refractivity contribution in [3.8, 4) is 0 Å². The average Bonchev–Trinajstić information content (AvgIpc) is 2.99. The fourth-order valence-electron chi connectivity index (χ4n) is 1.94. The predicted molar refractivity (Wildman–Crippen MR) is 71.1 cm³/mol. The first-order valence-electron chi connectivity index (χ1n) is 6.43. The molecule has 5 heteroatoms.